The minimum Gasteiger partial charge on any atom is -0.479 e. The predicted octanol–water partition coefficient (Wildman–Crippen LogP) is 1.64. The maximum Gasteiger partial charge on any atom is 0.334 e. The van der Waals surface area contributed by atoms with E-state index < -0.39 is 12.1 Å². The maximum atomic E-state index is 11.8. The Morgan fingerprint density at radius 3 is 2.26 bits per heavy atom. The molecule has 1 unspecified atom stereocenters. The van der Waals surface area contributed by atoms with Crippen molar-refractivity contribution < 1.29 is 19.4 Å². The lowest BCUT2D eigenvalue weighted by Crippen LogP contribution is -2.37. The quantitative estimate of drug-likeness (QED) is 0.820. The number of carbonyl (C=O) groups excluding carboxylic acids is 1. The van der Waals surface area contributed by atoms with Crippen LogP contribution in [0.1, 0.15) is 35.7 Å². The van der Waals surface area contributed by atoms with Crippen LogP contribution in [0.2, 0.25) is 0 Å². The SMILES string of the molecule is COC(CNC(=O)c1ccc(C(C)C)cc1)C(=O)O. The number of carbonyl (C=O) groups is 2. The highest BCUT2D eigenvalue weighted by molar-refractivity contribution is 5.94. The molecule has 0 spiro atoms. The molecule has 0 fully saturated rings. The minimum absolute atomic E-state index is 0.0589. The van der Waals surface area contributed by atoms with Gasteiger partial charge in [0.2, 0.25) is 0 Å². The van der Waals surface area contributed by atoms with Gasteiger partial charge in [0.1, 0.15) is 0 Å². The number of rotatable bonds is 6. The van der Waals surface area contributed by atoms with E-state index in [2.05, 4.69) is 19.2 Å². The first-order chi connectivity index (χ1) is 8.95. The summed E-state index contributed by atoms with van der Waals surface area (Å²) in [6, 6.07) is 7.25. The molecule has 1 atom stereocenters. The second-order valence-corrected chi connectivity index (χ2v) is 4.55. The molecule has 0 radical (unpaired) electrons. The first-order valence-electron chi connectivity index (χ1n) is 6.09. The Balaban J connectivity index is 2.61. The molecular formula is C14H19NO4. The molecule has 0 heterocycles. The highest BCUT2D eigenvalue weighted by Gasteiger charge is 2.17. The molecular weight excluding hydrogens is 246 g/mol. The largest absolute Gasteiger partial charge is 0.479 e. The lowest BCUT2D eigenvalue weighted by Gasteiger charge is -2.12. The molecule has 5 nitrogen and oxygen atoms in total. The molecule has 0 bridgehead atoms. The van der Waals surface area contributed by atoms with Crippen LogP contribution in [0.25, 0.3) is 0 Å². The Bertz CT molecular complexity index is 439. The van der Waals surface area contributed by atoms with Crippen LogP contribution in [0, 0.1) is 0 Å². The van der Waals surface area contributed by atoms with Crippen molar-refractivity contribution in [3.8, 4) is 0 Å². The van der Waals surface area contributed by atoms with Crippen LogP contribution in [0.15, 0.2) is 24.3 Å². The zero-order chi connectivity index (χ0) is 14.4. The van der Waals surface area contributed by atoms with Crippen LogP contribution >= 0.6 is 0 Å². The molecule has 1 aromatic rings. The summed E-state index contributed by atoms with van der Waals surface area (Å²) in [5.41, 5.74) is 1.65. The summed E-state index contributed by atoms with van der Waals surface area (Å²) in [6.45, 7) is 4.09. The number of amides is 1. The summed E-state index contributed by atoms with van der Waals surface area (Å²) < 4.78 is 4.73. The monoisotopic (exact) mass is 265 g/mol. The fourth-order valence-electron chi connectivity index (χ4n) is 1.58. The van der Waals surface area contributed by atoms with Gasteiger partial charge in [0.15, 0.2) is 6.10 Å². The lowest BCUT2D eigenvalue weighted by molar-refractivity contribution is -0.148. The van der Waals surface area contributed by atoms with E-state index in [0.717, 1.165) is 5.56 Å². The topological polar surface area (TPSA) is 75.6 Å². The van der Waals surface area contributed by atoms with E-state index in [0.29, 0.717) is 11.5 Å². The van der Waals surface area contributed by atoms with Gasteiger partial charge in [-0.1, -0.05) is 26.0 Å². The Labute approximate surface area is 112 Å². The van der Waals surface area contributed by atoms with E-state index >= 15 is 0 Å². The van der Waals surface area contributed by atoms with Gasteiger partial charge in [-0.15, -0.1) is 0 Å². The van der Waals surface area contributed by atoms with Gasteiger partial charge >= 0.3 is 5.97 Å². The third kappa shape index (κ3) is 4.37. The van der Waals surface area contributed by atoms with Crippen molar-refractivity contribution in [2.45, 2.75) is 25.9 Å². The number of carboxylic acids is 1. The van der Waals surface area contributed by atoms with E-state index in [4.69, 9.17) is 9.84 Å². The van der Waals surface area contributed by atoms with E-state index in [9.17, 15) is 9.59 Å². The number of nitrogens with one attached hydrogen (secondary N) is 1. The van der Waals surface area contributed by atoms with Gasteiger partial charge in [0.25, 0.3) is 5.91 Å². The molecule has 0 aliphatic heterocycles. The maximum absolute atomic E-state index is 11.8. The number of hydrogen-bond acceptors (Lipinski definition) is 3. The van der Waals surface area contributed by atoms with Crippen LogP contribution < -0.4 is 5.32 Å². The molecule has 0 aromatic heterocycles. The summed E-state index contributed by atoms with van der Waals surface area (Å²) in [6.07, 6.45) is -1.03. The molecule has 19 heavy (non-hydrogen) atoms. The zero-order valence-electron chi connectivity index (χ0n) is 11.3. The molecule has 0 aliphatic carbocycles. The van der Waals surface area contributed by atoms with Crippen LogP contribution in [0.5, 0.6) is 0 Å². The van der Waals surface area contributed by atoms with E-state index in [1.165, 1.54) is 7.11 Å². The van der Waals surface area contributed by atoms with Gasteiger partial charge in [0.05, 0.1) is 6.54 Å². The summed E-state index contributed by atoms with van der Waals surface area (Å²) in [4.78, 5) is 22.5. The zero-order valence-corrected chi connectivity index (χ0v) is 11.3. The smallest absolute Gasteiger partial charge is 0.334 e. The van der Waals surface area contributed by atoms with Crippen molar-refractivity contribution >= 4 is 11.9 Å². The number of carboxylic acid groups (broad SMARTS) is 1. The summed E-state index contributed by atoms with van der Waals surface area (Å²) in [7, 11) is 1.29. The molecule has 0 saturated heterocycles. The van der Waals surface area contributed by atoms with Crippen LogP contribution in [-0.2, 0) is 9.53 Å². The number of ether oxygens (including phenoxy) is 1. The average Bonchev–Trinajstić information content (AvgIpc) is 2.38. The fourth-order valence-corrected chi connectivity index (χ4v) is 1.58. The second-order valence-electron chi connectivity index (χ2n) is 4.55. The normalized spacial score (nSPS) is 12.2. The molecule has 5 heteroatoms. The standard InChI is InChI=1S/C14H19NO4/c1-9(2)10-4-6-11(7-5-10)13(16)15-8-12(19-3)14(17)18/h4-7,9,12H,8H2,1-3H3,(H,15,16)(H,17,18). The molecule has 0 aliphatic rings. The number of aliphatic carboxylic acids is 1. The molecule has 1 amide bonds. The van der Waals surface area contributed by atoms with Crippen molar-refractivity contribution in [2.24, 2.45) is 0 Å². The molecule has 104 valence electrons. The van der Waals surface area contributed by atoms with Crippen molar-refractivity contribution in [2.75, 3.05) is 13.7 Å². The van der Waals surface area contributed by atoms with E-state index in [-0.39, 0.29) is 12.5 Å². The van der Waals surface area contributed by atoms with Gasteiger partial charge in [-0.2, -0.15) is 0 Å². The van der Waals surface area contributed by atoms with Crippen LogP contribution in [0.4, 0.5) is 0 Å². The molecule has 2 N–H and O–H groups in total. The number of benzene rings is 1. The third-order valence-electron chi connectivity index (χ3n) is 2.85. The fraction of sp³-hybridized carbons (Fsp3) is 0.429. The lowest BCUT2D eigenvalue weighted by atomic mass is 10.0. The molecule has 1 aromatic carbocycles. The van der Waals surface area contributed by atoms with Crippen LogP contribution in [0.3, 0.4) is 0 Å². The third-order valence-corrected chi connectivity index (χ3v) is 2.85. The Hall–Kier alpha value is -1.88. The Kier molecular flexibility index (Phi) is 5.51. The van der Waals surface area contributed by atoms with Gasteiger partial charge in [-0.25, -0.2) is 4.79 Å². The number of methoxy groups -OCH3 is 1. The van der Waals surface area contributed by atoms with Crippen molar-refractivity contribution in [1.82, 2.24) is 5.32 Å². The Morgan fingerprint density at radius 2 is 1.84 bits per heavy atom. The van der Waals surface area contributed by atoms with Crippen molar-refractivity contribution in [3.05, 3.63) is 35.4 Å². The molecule has 1 rings (SSSR count). The van der Waals surface area contributed by atoms with Crippen LogP contribution in [-0.4, -0.2) is 36.7 Å². The number of hydrogen-bond donors (Lipinski definition) is 2. The van der Waals surface area contributed by atoms with Gasteiger partial charge in [-0.05, 0) is 23.6 Å². The van der Waals surface area contributed by atoms with Crippen molar-refractivity contribution in [3.63, 3.8) is 0 Å². The van der Waals surface area contributed by atoms with Gasteiger partial charge in [0, 0.05) is 12.7 Å². The Morgan fingerprint density at radius 1 is 1.26 bits per heavy atom. The average molecular weight is 265 g/mol. The van der Waals surface area contributed by atoms with E-state index in [1.807, 2.05) is 12.1 Å². The summed E-state index contributed by atoms with van der Waals surface area (Å²) in [5.74, 6) is -1.00. The highest BCUT2D eigenvalue weighted by atomic mass is 16.5. The second kappa shape index (κ2) is 6.89. The van der Waals surface area contributed by atoms with E-state index in [1.54, 1.807) is 12.1 Å². The summed E-state index contributed by atoms with van der Waals surface area (Å²) in [5, 5.41) is 11.3. The van der Waals surface area contributed by atoms with Crippen molar-refractivity contribution in [1.29, 1.82) is 0 Å². The minimum atomic E-state index is -1.10. The first-order valence-corrected chi connectivity index (χ1v) is 6.09. The van der Waals surface area contributed by atoms with Gasteiger partial charge in [-0.3, -0.25) is 4.79 Å². The van der Waals surface area contributed by atoms with Gasteiger partial charge < -0.3 is 15.2 Å². The molecule has 0 saturated carbocycles. The first kappa shape index (κ1) is 15.2. The highest BCUT2D eigenvalue weighted by Crippen LogP contribution is 2.14. The predicted molar refractivity (Wildman–Crippen MR) is 71.3 cm³/mol. The summed E-state index contributed by atoms with van der Waals surface area (Å²) >= 11 is 0.